The lowest BCUT2D eigenvalue weighted by Crippen LogP contribution is -2.44. The number of carbonyl (C=O) groups excluding carboxylic acids is 2. The van der Waals surface area contributed by atoms with E-state index in [-0.39, 0.29) is 6.04 Å². The Morgan fingerprint density at radius 3 is 2.74 bits per heavy atom. The van der Waals surface area contributed by atoms with Crippen molar-refractivity contribution in [2.75, 3.05) is 0 Å². The van der Waals surface area contributed by atoms with Crippen molar-refractivity contribution in [3.63, 3.8) is 0 Å². The van der Waals surface area contributed by atoms with Gasteiger partial charge in [-0.1, -0.05) is 25.3 Å². The van der Waals surface area contributed by atoms with E-state index in [9.17, 15) is 9.59 Å². The van der Waals surface area contributed by atoms with Gasteiger partial charge in [0.15, 0.2) is 0 Å². The first-order valence-electron chi connectivity index (χ1n) is 6.43. The van der Waals surface area contributed by atoms with Crippen molar-refractivity contribution in [3.05, 3.63) is 22.4 Å². The molecule has 19 heavy (non-hydrogen) atoms. The number of hydrogen-bond acceptors (Lipinski definition) is 4. The minimum atomic E-state index is -0.710. The summed E-state index contributed by atoms with van der Waals surface area (Å²) < 4.78 is 0. The summed E-state index contributed by atoms with van der Waals surface area (Å²) in [6, 6.07) is 3.90. The smallest absolute Gasteiger partial charge is 0.329 e. The van der Waals surface area contributed by atoms with Crippen LogP contribution in [0.3, 0.4) is 0 Å². The van der Waals surface area contributed by atoms with Crippen molar-refractivity contribution in [3.8, 4) is 0 Å². The fourth-order valence-electron chi connectivity index (χ4n) is 2.07. The van der Waals surface area contributed by atoms with Gasteiger partial charge in [-0.25, -0.2) is 5.43 Å². The Morgan fingerprint density at radius 1 is 1.26 bits per heavy atom. The molecule has 0 aromatic carbocycles. The molecule has 0 atom stereocenters. The molecule has 1 fully saturated rings. The molecule has 1 aromatic heterocycles. The minimum Gasteiger partial charge on any atom is -0.345 e. The molecule has 102 valence electrons. The average molecular weight is 279 g/mol. The summed E-state index contributed by atoms with van der Waals surface area (Å²) in [6.45, 7) is 0. The van der Waals surface area contributed by atoms with Crippen LogP contribution in [0.25, 0.3) is 0 Å². The molecule has 1 saturated carbocycles. The maximum Gasteiger partial charge on any atom is 0.329 e. The van der Waals surface area contributed by atoms with Crippen molar-refractivity contribution >= 4 is 29.4 Å². The van der Waals surface area contributed by atoms with E-state index in [1.165, 1.54) is 24.0 Å². The first-order valence-corrected chi connectivity index (χ1v) is 7.31. The van der Waals surface area contributed by atoms with Gasteiger partial charge in [-0.3, -0.25) is 9.59 Å². The van der Waals surface area contributed by atoms with Crippen molar-refractivity contribution in [2.45, 2.75) is 38.1 Å². The van der Waals surface area contributed by atoms with Crippen molar-refractivity contribution < 1.29 is 9.59 Å². The lowest BCUT2D eigenvalue weighted by Gasteiger charge is -2.22. The van der Waals surface area contributed by atoms with Crippen LogP contribution in [-0.4, -0.2) is 24.1 Å². The zero-order chi connectivity index (χ0) is 13.5. The van der Waals surface area contributed by atoms with Crippen molar-refractivity contribution in [1.29, 1.82) is 0 Å². The molecule has 6 heteroatoms. The highest BCUT2D eigenvalue weighted by atomic mass is 32.1. The minimum absolute atomic E-state index is 0.133. The van der Waals surface area contributed by atoms with Crippen molar-refractivity contribution in [1.82, 2.24) is 10.7 Å². The Hall–Kier alpha value is -1.69. The number of amides is 2. The number of carbonyl (C=O) groups is 2. The average Bonchev–Trinajstić information content (AvgIpc) is 2.93. The maximum absolute atomic E-state index is 11.6. The largest absolute Gasteiger partial charge is 0.345 e. The van der Waals surface area contributed by atoms with Gasteiger partial charge < -0.3 is 5.32 Å². The molecule has 0 unspecified atom stereocenters. The zero-order valence-corrected chi connectivity index (χ0v) is 11.4. The molecule has 0 radical (unpaired) electrons. The predicted molar refractivity (Wildman–Crippen MR) is 75.1 cm³/mol. The maximum atomic E-state index is 11.6. The second kappa shape index (κ2) is 7.04. The highest BCUT2D eigenvalue weighted by molar-refractivity contribution is 7.11. The second-order valence-electron chi connectivity index (χ2n) is 4.52. The molecule has 2 N–H and O–H groups in total. The van der Waals surface area contributed by atoms with Crippen LogP contribution in [0.1, 0.15) is 37.0 Å². The fourth-order valence-corrected chi connectivity index (χ4v) is 2.65. The van der Waals surface area contributed by atoms with E-state index in [0.29, 0.717) is 0 Å². The Kier molecular flexibility index (Phi) is 5.09. The third-order valence-electron chi connectivity index (χ3n) is 3.05. The molecule has 1 aliphatic rings. The first kappa shape index (κ1) is 13.7. The Labute approximate surface area is 116 Å². The molecular weight excluding hydrogens is 262 g/mol. The van der Waals surface area contributed by atoms with Crippen molar-refractivity contribution in [2.24, 2.45) is 5.10 Å². The molecule has 1 aliphatic carbocycles. The van der Waals surface area contributed by atoms with Gasteiger partial charge in [-0.2, -0.15) is 5.10 Å². The van der Waals surface area contributed by atoms with E-state index >= 15 is 0 Å². The topological polar surface area (TPSA) is 70.6 Å². The summed E-state index contributed by atoms with van der Waals surface area (Å²) in [6.07, 6.45) is 6.88. The molecular formula is C13H17N3O2S. The second-order valence-corrected chi connectivity index (χ2v) is 5.50. The third-order valence-corrected chi connectivity index (χ3v) is 3.85. The van der Waals surface area contributed by atoms with E-state index in [4.69, 9.17) is 0 Å². The summed E-state index contributed by atoms with van der Waals surface area (Å²) in [5.74, 6) is -1.31. The number of nitrogens with one attached hydrogen (secondary N) is 2. The zero-order valence-electron chi connectivity index (χ0n) is 10.6. The fraction of sp³-hybridized carbons (Fsp3) is 0.462. The van der Waals surface area contributed by atoms with E-state index in [2.05, 4.69) is 15.8 Å². The van der Waals surface area contributed by atoms with E-state index in [0.717, 1.165) is 30.6 Å². The standard InChI is InChI=1S/C13H17N3O2S/c17-12(15-10-5-2-1-3-6-10)13(18)16-14-9-11-7-4-8-19-11/h4,7-10H,1-3,5-6H2,(H,15,17)(H,16,18)/b14-9-. The summed E-state index contributed by atoms with van der Waals surface area (Å²) in [7, 11) is 0. The van der Waals surface area contributed by atoms with Gasteiger partial charge in [0, 0.05) is 10.9 Å². The molecule has 1 heterocycles. The summed E-state index contributed by atoms with van der Waals surface area (Å²) >= 11 is 1.51. The van der Waals surface area contributed by atoms with Crippen LogP contribution < -0.4 is 10.7 Å². The molecule has 0 bridgehead atoms. The molecule has 0 spiro atoms. The molecule has 2 amide bonds. The first-order chi connectivity index (χ1) is 9.25. The lowest BCUT2D eigenvalue weighted by molar-refractivity contribution is -0.139. The van der Waals surface area contributed by atoms with Gasteiger partial charge in [-0.05, 0) is 24.3 Å². The number of rotatable bonds is 3. The molecule has 1 aromatic rings. The van der Waals surface area contributed by atoms with Crippen LogP contribution in [-0.2, 0) is 9.59 Å². The van der Waals surface area contributed by atoms with Gasteiger partial charge in [0.25, 0.3) is 0 Å². The number of nitrogens with zero attached hydrogens (tertiary/aromatic N) is 1. The van der Waals surface area contributed by atoms with Gasteiger partial charge in [0.2, 0.25) is 0 Å². The molecule has 0 saturated heterocycles. The van der Waals surface area contributed by atoms with Gasteiger partial charge >= 0.3 is 11.8 Å². The monoisotopic (exact) mass is 279 g/mol. The van der Waals surface area contributed by atoms with Crippen LogP contribution in [0.2, 0.25) is 0 Å². The molecule has 2 rings (SSSR count). The lowest BCUT2D eigenvalue weighted by atomic mass is 9.95. The highest BCUT2D eigenvalue weighted by Crippen LogP contribution is 2.17. The normalized spacial score (nSPS) is 16.4. The molecule has 5 nitrogen and oxygen atoms in total. The summed E-state index contributed by atoms with van der Waals surface area (Å²) in [4.78, 5) is 24.0. The van der Waals surface area contributed by atoms with Crippen LogP contribution in [0.15, 0.2) is 22.6 Å². The third kappa shape index (κ3) is 4.48. The number of thiophene rings is 1. The Balaban J connectivity index is 1.74. The quantitative estimate of drug-likeness (QED) is 0.502. The predicted octanol–water partition coefficient (Wildman–Crippen LogP) is 1.65. The summed E-state index contributed by atoms with van der Waals surface area (Å²) in [5.41, 5.74) is 2.24. The molecule has 0 aliphatic heterocycles. The highest BCUT2D eigenvalue weighted by Gasteiger charge is 2.19. The van der Waals surface area contributed by atoms with Crippen LogP contribution in [0.4, 0.5) is 0 Å². The van der Waals surface area contributed by atoms with E-state index < -0.39 is 11.8 Å². The van der Waals surface area contributed by atoms with Crippen LogP contribution in [0.5, 0.6) is 0 Å². The summed E-state index contributed by atoms with van der Waals surface area (Å²) in [5, 5.41) is 8.41. The van der Waals surface area contributed by atoms with Gasteiger partial charge in [0.1, 0.15) is 0 Å². The Morgan fingerprint density at radius 2 is 2.05 bits per heavy atom. The van der Waals surface area contributed by atoms with Gasteiger partial charge in [-0.15, -0.1) is 11.3 Å². The van der Waals surface area contributed by atoms with Gasteiger partial charge in [0.05, 0.1) is 6.21 Å². The SMILES string of the molecule is O=C(N/N=C\c1cccs1)C(=O)NC1CCCCC1. The van der Waals surface area contributed by atoms with E-state index in [1.54, 1.807) is 0 Å². The number of hydrazone groups is 1. The number of hydrogen-bond donors (Lipinski definition) is 2. The Bertz CT molecular complexity index is 450. The van der Waals surface area contributed by atoms with Crippen LogP contribution >= 0.6 is 11.3 Å². The van der Waals surface area contributed by atoms with Crippen LogP contribution in [0, 0.1) is 0 Å². The van der Waals surface area contributed by atoms with E-state index in [1.807, 2.05) is 17.5 Å².